The first-order chi connectivity index (χ1) is 20.3. The first-order valence-electron chi connectivity index (χ1n) is 15.5. The summed E-state index contributed by atoms with van der Waals surface area (Å²) in [5.74, 6) is 4.76. The van der Waals surface area contributed by atoms with Crippen LogP contribution in [-0.4, -0.2) is 73.5 Å². The number of likely N-dealkylation sites (tertiary alicyclic amines) is 1. The van der Waals surface area contributed by atoms with Gasteiger partial charge in [-0.3, -0.25) is 4.90 Å². The van der Waals surface area contributed by atoms with E-state index in [1.165, 1.54) is 24.8 Å². The Kier molecular flexibility index (Phi) is 9.77. The number of piperidine rings is 2. The third-order valence-corrected chi connectivity index (χ3v) is 7.85. The zero-order valence-corrected chi connectivity index (χ0v) is 26.1. The molecule has 0 atom stereocenters. The molecule has 0 saturated carbocycles. The van der Waals surface area contributed by atoms with Gasteiger partial charge in [0.1, 0.15) is 17.3 Å². The lowest BCUT2D eigenvalue weighted by atomic mass is 10.0. The average Bonchev–Trinajstić information content (AvgIpc) is 2.96. The largest absolute Gasteiger partial charge is 0.493 e. The summed E-state index contributed by atoms with van der Waals surface area (Å²) in [7, 11) is 3.33. The summed E-state index contributed by atoms with van der Waals surface area (Å²) < 4.78 is 23.2. The molecule has 3 heterocycles. The molecule has 2 aliphatic heterocycles. The van der Waals surface area contributed by atoms with Crippen molar-refractivity contribution in [2.75, 3.05) is 50.6 Å². The van der Waals surface area contributed by atoms with E-state index in [9.17, 15) is 0 Å². The molecule has 1 aromatic heterocycles. The molecule has 0 unspecified atom stereocenters. The van der Waals surface area contributed by atoms with Crippen molar-refractivity contribution in [1.82, 2.24) is 14.9 Å². The van der Waals surface area contributed by atoms with Crippen LogP contribution in [-0.2, 0) is 6.54 Å². The molecule has 2 aliphatic rings. The van der Waals surface area contributed by atoms with Crippen LogP contribution in [0.4, 0.5) is 11.8 Å². The van der Waals surface area contributed by atoms with E-state index in [4.69, 9.17) is 28.9 Å². The summed E-state index contributed by atoms with van der Waals surface area (Å²) in [5, 5.41) is 4.68. The smallest absolute Gasteiger partial charge is 0.225 e. The Morgan fingerprint density at radius 1 is 0.786 bits per heavy atom. The van der Waals surface area contributed by atoms with Crippen LogP contribution in [0.25, 0.3) is 10.9 Å². The Balaban J connectivity index is 1.29. The van der Waals surface area contributed by atoms with Crippen LogP contribution in [0.3, 0.4) is 0 Å². The van der Waals surface area contributed by atoms with Crippen molar-refractivity contribution < 1.29 is 18.9 Å². The molecular formula is C33H47N5O4. The summed E-state index contributed by atoms with van der Waals surface area (Å²) in [5.41, 5.74) is 2.08. The fourth-order valence-electron chi connectivity index (χ4n) is 5.93. The molecule has 3 aromatic rings. The van der Waals surface area contributed by atoms with Crippen LogP contribution in [0.5, 0.6) is 23.0 Å². The molecule has 5 rings (SSSR count). The average molecular weight is 578 g/mol. The Morgan fingerprint density at radius 3 is 2.00 bits per heavy atom. The first-order valence-corrected chi connectivity index (χ1v) is 15.5. The molecule has 0 aliphatic carbocycles. The zero-order chi connectivity index (χ0) is 29.6. The lowest BCUT2D eigenvalue weighted by Crippen LogP contribution is -2.39. The van der Waals surface area contributed by atoms with Gasteiger partial charge in [0, 0.05) is 56.3 Å². The van der Waals surface area contributed by atoms with E-state index >= 15 is 0 Å². The van der Waals surface area contributed by atoms with Crippen LogP contribution in [0.2, 0.25) is 0 Å². The van der Waals surface area contributed by atoms with Crippen LogP contribution >= 0.6 is 0 Å². The van der Waals surface area contributed by atoms with Gasteiger partial charge in [0.25, 0.3) is 0 Å². The maximum Gasteiger partial charge on any atom is 0.225 e. The molecule has 0 bridgehead atoms. The van der Waals surface area contributed by atoms with Gasteiger partial charge in [0.15, 0.2) is 11.5 Å². The monoisotopic (exact) mass is 577 g/mol. The summed E-state index contributed by atoms with van der Waals surface area (Å²) in [6, 6.07) is 10.6. The van der Waals surface area contributed by atoms with Crippen LogP contribution in [0.15, 0.2) is 30.3 Å². The SMILES string of the molecule is COc1cc2nc(NC3CCN(Cc4cc(OC(C)C)cc(OC(C)C)c4)CC3)nc(N3CCCCC3)c2cc1OC. The number of aromatic nitrogens is 2. The number of anilines is 2. The fraction of sp³-hybridized carbons (Fsp3) is 0.576. The van der Waals surface area contributed by atoms with Gasteiger partial charge < -0.3 is 29.2 Å². The number of methoxy groups -OCH3 is 2. The van der Waals surface area contributed by atoms with E-state index in [2.05, 4.69) is 54.9 Å². The third kappa shape index (κ3) is 7.48. The molecule has 1 N–H and O–H groups in total. The molecule has 2 saturated heterocycles. The summed E-state index contributed by atoms with van der Waals surface area (Å²) in [6.07, 6.45) is 5.89. The van der Waals surface area contributed by atoms with E-state index in [1.54, 1.807) is 14.2 Å². The van der Waals surface area contributed by atoms with Crippen LogP contribution < -0.4 is 29.2 Å². The second-order valence-electron chi connectivity index (χ2n) is 12.0. The lowest BCUT2D eigenvalue weighted by molar-refractivity contribution is 0.207. The van der Waals surface area contributed by atoms with Crippen molar-refractivity contribution in [2.24, 2.45) is 0 Å². The van der Waals surface area contributed by atoms with Gasteiger partial charge in [-0.05, 0) is 83.6 Å². The van der Waals surface area contributed by atoms with E-state index in [-0.39, 0.29) is 12.2 Å². The fourth-order valence-corrected chi connectivity index (χ4v) is 5.93. The molecule has 9 heteroatoms. The molecule has 2 aromatic carbocycles. The zero-order valence-electron chi connectivity index (χ0n) is 26.1. The topological polar surface area (TPSA) is 81.2 Å². The van der Waals surface area contributed by atoms with E-state index in [0.29, 0.717) is 23.5 Å². The van der Waals surface area contributed by atoms with Gasteiger partial charge in [0.05, 0.1) is 31.9 Å². The molecule has 2 fully saturated rings. The maximum atomic E-state index is 6.02. The van der Waals surface area contributed by atoms with Crippen molar-refractivity contribution >= 4 is 22.7 Å². The lowest BCUT2D eigenvalue weighted by Gasteiger charge is -2.33. The number of nitrogens with zero attached hydrogens (tertiary/aromatic N) is 4. The number of hydrogen-bond acceptors (Lipinski definition) is 9. The standard InChI is InChI=1S/C33H47N5O4/c1-22(2)41-26-16-24(17-27(18-26)42-23(3)4)21-37-14-10-25(11-15-37)34-33-35-29-20-31(40-6)30(39-5)19-28(29)32(36-33)38-12-8-7-9-13-38/h16-20,22-23,25H,7-15,21H2,1-6H3,(H,34,35,36). The predicted molar refractivity (Wildman–Crippen MR) is 169 cm³/mol. The molecule has 0 amide bonds. The highest BCUT2D eigenvalue weighted by atomic mass is 16.5. The molecular weight excluding hydrogens is 530 g/mol. The third-order valence-electron chi connectivity index (χ3n) is 7.85. The Bertz CT molecular complexity index is 1310. The van der Waals surface area contributed by atoms with Gasteiger partial charge >= 0.3 is 0 Å². The highest BCUT2D eigenvalue weighted by Crippen LogP contribution is 2.37. The molecule has 0 radical (unpaired) electrons. The minimum absolute atomic E-state index is 0.116. The Labute approximate surface area is 250 Å². The molecule has 9 nitrogen and oxygen atoms in total. The quantitative estimate of drug-likeness (QED) is 0.283. The van der Waals surface area contributed by atoms with Crippen molar-refractivity contribution in [1.29, 1.82) is 0 Å². The molecule has 42 heavy (non-hydrogen) atoms. The second-order valence-corrected chi connectivity index (χ2v) is 12.0. The van der Waals surface area contributed by atoms with Gasteiger partial charge in [-0.25, -0.2) is 4.98 Å². The highest BCUT2D eigenvalue weighted by Gasteiger charge is 2.23. The van der Waals surface area contributed by atoms with Crippen molar-refractivity contribution in [3.8, 4) is 23.0 Å². The predicted octanol–water partition coefficient (Wildman–Crippen LogP) is 6.29. The number of benzene rings is 2. The number of ether oxygens (including phenoxy) is 4. The Hall–Kier alpha value is -3.46. The van der Waals surface area contributed by atoms with Gasteiger partial charge in [-0.1, -0.05) is 0 Å². The highest BCUT2D eigenvalue weighted by molar-refractivity contribution is 5.93. The minimum Gasteiger partial charge on any atom is -0.493 e. The van der Waals surface area contributed by atoms with Crippen molar-refractivity contribution in [3.63, 3.8) is 0 Å². The van der Waals surface area contributed by atoms with Gasteiger partial charge in [-0.2, -0.15) is 4.98 Å². The van der Waals surface area contributed by atoms with Crippen molar-refractivity contribution in [3.05, 3.63) is 35.9 Å². The number of nitrogens with one attached hydrogen (secondary N) is 1. The molecule has 0 spiro atoms. The van der Waals surface area contributed by atoms with E-state index < -0.39 is 0 Å². The van der Waals surface area contributed by atoms with Gasteiger partial charge in [0.2, 0.25) is 5.95 Å². The maximum absolute atomic E-state index is 6.02. The number of rotatable bonds is 11. The Morgan fingerprint density at radius 2 is 1.40 bits per heavy atom. The molecule has 228 valence electrons. The first kappa shape index (κ1) is 30.0. The second kappa shape index (κ2) is 13.7. The van der Waals surface area contributed by atoms with Gasteiger partial charge in [-0.15, -0.1) is 0 Å². The summed E-state index contributed by atoms with van der Waals surface area (Å²) >= 11 is 0. The summed E-state index contributed by atoms with van der Waals surface area (Å²) in [4.78, 5) is 14.9. The normalized spacial score (nSPS) is 16.7. The summed E-state index contributed by atoms with van der Waals surface area (Å²) in [6.45, 7) is 13.1. The van der Waals surface area contributed by atoms with Crippen LogP contribution in [0.1, 0.15) is 65.4 Å². The number of fused-ring (bicyclic) bond motifs is 1. The number of hydrogen-bond donors (Lipinski definition) is 1. The van der Waals surface area contributed by atoms with E-state index in [0.717, 1.165) is 73.8 Å². The van der Waals surface area contributed by atoms with Crippen LogP contribution in [0, 0.1) is 0 Å². The van der Waals surface area contributed by atoms with E-state index in [1.807, 2.05) is 18.2 Å². The van der Waals surface area contributed by atoms with Crippen molar-refractivity contribution in [2.45, 2.75) is 84.6 Å². The minimum atomic E-state index is 0.116.